The molecule has 0 saturated carbocycles. The molecule has 0 fully saturated rings. The Balaban J connectivity index is 1.92. The van der Waals surface area contributed by atoms with E-state index in [2.05, 4.69) is 25.5 Å². The molecule has 0 aliphatic heterocycles. The summed E-state index contributed by atoms with van der Waals surface area (Å²) in [5.41, 5.74) is 1.44. The van der Waals surface area contributed by atoms with E-state index in [4.69, 9.17) is 0 Å². The minimum absolute atomic E-state index is 0.194. The van der Waals surface area contributed by atoms with Gasteiger partial charge in [-0.25, -0.2) is 9.97 Å². The van der Waals surface area contributed by atoms with Crippen LogP contribution in [0.1, 0.15) is 28.3 Å². The summed E-state index contributed by atoms with van der Waals surface area (Å²) in [4.78, 5) is 23.0. The Morgan fingerprint density at radius 2 is 1.92 bits per heavy atom. The number of hydrogen-bond acceptors (Lipinski definition) is 5. The van der Waals surface area contributed by atoms with Gasteiger partial charge < -0.3 is 15.5 Å². The van der Waals surface area contributed by atoms with Crippen LogP contribution in [0.5, 0.6) is 0 Å². The summed E-state index contributed by atoms with van der Waals surface area (Å²) in [5, 5.41) is 6.14. The second-order valence-corrected chi connectivity index (χ2v) is 5.94. The Morgan fingerprint density at radius 3 is 2.62 bits per heavy atom. The van der Waals surface area contributed by atoms with Gasteiger partial charge in [0.05, 0.1) is 0 Å². The molecule has 6 nitrogen and oxygen atoms in total. The summed E-state index contributed by atoms with van der Waals surface area (Å²) >= 11 is 0. The van der Waals surface area contributed by atoms with Crippen molar-refractivity contribution in [2.75, 3.05) is 32.5 Å². The Morgan fingerprint density at radius 1 is 1.17 bits per heavy atom. The van der Waals surface area contributed by atoms with Crippen molar-refractivity contribution in [3.63, 3.8) is 0 Å². The van der Waals surface area contributed by atoms with E-state index in [0.717, 1.165) is 25.1 Å². The molecular formula is C18H25N5O. The number of anilines is 1. The molecule has 0 spiro atoms. The number of hydrogen-bond donors (Lipinski definition) is 2. The molecule has 0 bridgehead atoms. The lowest BCUT2D eigenvalue weighted by molar-refractivity contribution is 0.0945. The summed E-state index contributed by atoms with van der Waals surface area (Å²) in [6.45, 7) is 4.08. The number of benzene rings is 1. The van der Waals surface area contributed by atoms with E-state index >= 15 is 0 Å². The van der Waals surface area contributed by atoms with E-state index in [9.17, 15) is 4.79 Å². The standard InChI is InChI=1S/C18H25N5O/c1-14-21-16(12-17(22-14)19-10-7-11-23(2)3)18(24)20-13-15-8-5-4-6-9-15/h4-6,8-9,12H,7,10-11,13H2,1-3H3,(H,20,24)(H,19,21,22). The Bertz CT molecular complexity index is 658. The third-order valence-electron chi connectivity index (χ3n) is 3.45. The maximum Gasteiger partial charge on any atom is 0.270 e. The van der Waals surface area contributed by atoms with Crippen molar-refractivity contribution in [2.24, 2.45) is 0 Å². The van der Waals surface area contributed by atoms with Crippen molar-refractivity contribution in [3.8, 4) is 0 Å². The molecule has 128 valence electrons. The fraction of sp³-hybridized carbons (Fsp3) is 0.389. The topological polar surface area (TPSA) is 70.2 Å². The minimum Gasteiger partial charge on any atom is -0.370 e. The number of carbonyl (C=O) groups excluding carboxylic acids is 1. The summed E-state index contributed by atoms with van der Waals surface area (Å²) in [6.07, 6.45) is 1.01. The molecule has 0 radical (unpaired) electrons. The summed E-state index contributed by atoms with van der Waals surface area (Å²) in [5.74, 6) is 1.07. The van der Waals surface area contributed by atoms with Gasteiger partial charge in [0.25, 0.3) is 5.91 Å². The van der Waals surface area contributed by atoms with Crippen molar-refractivity contribution in [2.45, 2.75) is 19.9 Å². The van der Waals surface area contributed by atoms with Gasteiger partial charge in [0, 0.05) is 19.2 Å². The Kier molecular flexibility index (Phi) is 6.69. The molecular weight excluding hydrogens is 302 g/mol. The maximum atomic E-state index is 12.3. The molecule has 1 aromatic carbocycles. The van der Waals surface area contributed by atoms with Crippen LogP contribution in [-0.4, -0.2) is 48.0 Å². The van der Waals surface area contributed by atoms with Crippen LogP contribution >= 0.6 is 0 Å². The van der Waals surface area contributed by atoms with Crippen LogP contribution in [0.2, 0.25) is 0 Å². The molecule has 0 unspecified atom stereocenters. The zero-order chi connectivity index (χ0) is 17.4. The maximum absolute atomic E-state index is 12.3. The molecule has 1 amide bonds. The first kappa shape index (κ1) is 17.9. The summed E-state index contributed by atoms with van der Waals surface area (Å²) in [7, 11) is 4.09. The van der Waals surface area contributed by atoms with Gasteiger partial charge in [-0.2, -0.15) is 0 Å². The van der Waals surface area contributed by atoms with E-state index in [-0.39, 0.29) is 5.91 Å². The smallest absolute Gasteiger partial charge is 0.270 e. The minimum atomic E-state index is -0.194. The van der Waals surface area contributed by atoms with Crippen LogP contribution in [0, 0.1) is 6.92 Å². The number of aromatic nitrogens is 2. The second kappa shape index (κ2) is 8.98. The molecule has 6 heteroatoms. The van der Waals surface area contributed by atoms with Gasteiger partial charge in [0.15, 0.2) is 0 Å². The average molecular weight is 327 g/mol. The van der Waals surface area contributed by atoms with Crippen LogP contribution in [-0.2, 0) is 6.54 Å². The van der Waals surface area contributed by atoms with Gasteiger partial charge in [-0.15, -0.1) is 0 Å². The first-order chi connectivity index (χ1) is 11.5. The highest BCUT2D eigenvalue weighted by atomic mass is 16.1. The zero-order valence-corrected chi connectivity index (χ0v) is 14.5. The molecule has 0 aliphatic rings. The number of rotatable bonds is 8. The van der Waals surface area contributed by atoms with Gasteiger partial charge in [-0.3, -0.25) is 4.79 Å². The SMILES string of the molecule is Cc1nc(NCCCN(C)C)cc(C(=O)NCc2ccccc2)n1. The van der Waals surface area contributed by atoms with Crippen molar-refractivity contribution < 1.29 is 4.79 Å². The molecule has 2 aromatic rings. The highest BCUT2D eigenvalue weighted by Crippen LogP contribution is 2.07. The fourth-order valence-corrected chi connectivity index (χ4v) is 2.26. The first-order valence-corrected chi connectivity index (χ1v) is 8.11. The van der Waals surface area contributed by atoms with Crippen molar-refractivity contribution in [1.82, 2.24) is 20.2 Å². The number of nitrogens with one attached hydrogen (secondary N) is 2. The van der Waals surface area contributed by atoms with Gasteiger partial charge in [0.1, 0.15) is 17.3 Å². The number of aryl methyl sites for hydroxylation is 1. The lowest BCUT2D eigenvalue weighted by Gasteiger charge is -2.11. The highest BCUT2D eigenvalue weighted by molar-refractivity contribution is 5.92. The van der Waals surface area contributed by atoms with E-state index < -0.39 is 0 Å². The van der Waals surface area contributed by atoms with Gasteiger partial charge in [-0.05, 0) is 39.5 Å². The van der Waals surface area contributed by atoms with Gasteiger partial charge in [0.2, 0.25) is 0 Å². The Hall–Kier alpha value is -2.47. The van der Waals surface area contributed by atoms with Gasteiger partial charge >= 0.3 is 0 Å². The largest absolute Gasteiger partial charge is 0.370 e. The van der Waals surface area contributed by atoms with Crippen LogP contribution in [0.25, 0.3) is 0 Å². The normalized spacial score (nSPS) is 10.7. The molecule has 0 atom stereocenters. The highest BCUT2D eigenvalue weighted by Gasteiger charge is 2.10. The number of nitrogens with zero attached hydrogens (tertiary/aromatic N) is 3. The third kappa shape index (κ3) is 5.96. The van der Waals surface area contributed by atoms with E-state index in [0.29, 0.717) is 23.9 Å². The van der Waals surface area contributed by atoms with E-state index in [1.165, 1.54) is 0 Å². The molecule has 2 rings (SSSR count). The number of carbonyl (C=O) groups is 1. The number of amides is 1. The van der Waals surface area contributed by atoms with E-state index in [1.54, 1.807) is 13.0 Å². The summed E-state index contributed by atoms with van der Waals surface area (Å²) < 4.78 is 0. The lowest BCUT2D eigenvalue weighted by Crippen LogP contribution is -2.24. The second-order valence-electron chi connectivity index (χ2n) is 5.94. The molecule has 1 aromatic heterocycles. The summed E-state index contributed by atoms with van der Waals surface area (Å²) in [6, 6.07) is 11.5. The predicted molar refractivity (Wildman–Crippen MR) is 96.0 cm³/mol. The third-order valence-corrected chi connectivity index (χ3v) is 3.45. The van der Waals surface area contributed by atoms with Crippen molar-refractivity contribution in [1.29, 1.82) is 0 Å². The molecule has 2 N–H and O–H groups in total. The Labute approximate surface area is 143 Å². The van der Waals surface area contributed by atoms with Crippen LogP contribution in [0.3, 0.4) is 0 Å². The van der Waals surface area contributed by atoms with Crippen molar-refractivity contribution >= 4 is 11.7 Å². The van der Waals surface area contributed by atoms with Crippen molar-refractivity contribution in [3.05, 3.63) is 53.5 Å². The monoisotopic (exact) mass is 327 g/mol. The van der Waals surface area contributed by atoms with Crippen LogP contribution in [0.15, 0.2) is 36.4 Å². The predicted octanol–water partition coefficient (Wildman–Crippen LogP) is 2.08. The molecule has 1 heterocycles. The molecule has 0 saturated heterocycles. The van der Waals surface area contributed by atoms with Crippen LogP contribution in [0.4, 0.5) is 5.82 Å². The van der Waals surface area contributed by atoms with E-state index in [1.807, 2.05) is 44.4 Å². The van der Waals surface area contributed by atoms with Crippen LogP contribution < -0.4 is 10.6 Å². The average Bonchev–Trinajstić information content (AvgIpc) is 2.57. The zero-order valence-electron chi connectivity index (χ0n) is 14.5. The quantitative estimate of drug-likeness (QED) is 0.727. The molecule has 24 heavy (non-hydrogen) atoms. The first-order valence-electron chi connectivity index (χ1n) is 8.11. The van der Waals surface area contributed by atoms with Gasteiger partial charge in [-0.1, -0.05) is 30.3 Å². The fourth-order valence-electron chi connectivity index (χ4n) is 2.26. The lowest BCUT2D eigenvalue weighted by atomic mass is 10.2. The molecule has 0 aliphatic carbocycles.